The third-order valence-electron chi connectivity index (χ3n) is 1.87. The van der Waals surface area contributed by atoms with Crippen LogP contribution >= 0.6 is 0 Å². The van der Waals surface area contributed by atoms with E-state index in [9.17, 15) is 0 Å². The van der Waals surface area contributed by atoms with Crippen LogP contribution in [0.4, 0.5) is 0 Å². The summed E-state index contributed by atoms with van der Waals surface area (Å²) in [6.07, 6.45) is 4.80. The Morgan fingerprint density at radius 3 is 1.38 bits per heavy atom. The van der Waals surface area contributed by atoms with Crippen molar-refractivity contribution < 1.29 is 17.5 Å². The highest BCUT2D eigenvalue weighted by molar-refractivity contribution is 7.79. The maximum atomic E-state index is 8.74. The lowest BCUT2D eigenvalue weighted by Gasteiger charge is -2.24. The Balaban J connectivity index is 0.000000252. The van der Waals surface area contributed by atoms with Crippen LogP contribution in [0.2, 0.25) is 0 Å². The summed E-state index contributed by atoms with van der Waals surface area (Å²) in [6.45, 7) is 0. The van der Waals surface area contributed by atoms with E-state index in [-0.39, 0.29) is 12.1 Å². The van der Waals surface area contributed by atoms with Gasteiger partial charge in [-0.1, -0.05) is 12.8 Å². The van der Waals surface area contributed by atoms with Crippen molar-refractivity contribution in [2.45, 2.75) is 37.8 Å². The van der Waals surface area contributed by atoms with Gasteiger partial charge in [0.2, 0.25) is 0 Å². The van der Waals surface area contributed by atoms with Gasteiger partial charge in [-0.2, -0.15) is 8.42 Å². The highest BCUT2D eigenvalue weighted by atomic mass is 32.3. The van der Waals surface area contributed by atoms with Crippen LogP contribution in [0.1, 0.15) is 25.7 Å². The minimum absolute atomic E-state index is 0.281. The monoisotopic (exact) mass is 212 g/mol. The van der Waals surface area contributed by atoms with E-state index in [2.05, 4.69) is 0 Å². The van der Waals surface area contributed by atoms with Crippen LogP contribution in [0.3, 0.4) is 0 Å². The fourth-order valence-electron chi connectivity index (χ4n) is 1.19. The minimum Gasteiger partial charge on any atom is -0.326 e. The molecule has 0 aliphatic heterocycles. The van der Waals surface area contributed by atoms with E-state index in [4.69, 9.17) is 29.0 Å². The second kappa shape index (κ2) is 5.51. The molecule has 0 spiro atoms. The zero-order valence-corrected chi connectivity index (χ0v) is 8.07. The molecule has 0 aromatic carbocycles. The molecule has 0 aromatic heterocycles. The molecule has 6 nitrogen and oxygen atoms in total. The summed E-state index contributed by atoms with van der Waals surface area (Å²) in [5.41, 5.74) is 11.3. The lowest BCUT2D eigenvalue weighted by atomic mass is 9.92. The second-order valence-corrected chi connectivity index (χ2v) is 3.96. The molecular formula is C6H16N2O4S. The van der Waals surface area contributed by atoms with Crippen molar-refractivity contribution in [2.75, 3.05) is 0 Å². The molecule has 1 unspecified atom stereocenters. The van der Waals surface area contributed by atoms with Gasteiger partial charge in [0, 0.05) is 12.1 Å². The van der Waals surface area contributed by atoms with Crippen molar-refractivity contribution in [2.24, 2.45) is 11.5 Å². The summed E-state index contributed by atoms with van der Waals surface area (Å²) >= 11 is 0. The quantitative estimate of drug-likeness (QED) is 0.403. The van der Waals surface area contributed by atoms with Gasteiger partial charge in [-0.05, 0) is 12.8 Å². The summed E-state index contributed by atoms with van der Waals surface area (Å²) < 4.78 is 31.6. The van der Waals surface area contributed by atoms with Gasteiger partial charge in [0.25, 0.3) is 0 Å². The SMILES string of the molecule is NC1CCCC[C@@H]1N.O=S(=O)(O)O. The number of hydrogen-bond donors (Lipinski definition) is 4. The minimum atomic E-state index is -4.67. The predicted octanol–water partition coefficient (Wildman–Crippen LogP) is -0.438. The van der Waals surface area contributed by atoms with E-state index in [1.54, 1.807) is 0 Å². The van der Waals surface area contributed by atoms with Gasteiger partial charge in [-0.3, -0.25) is 9.11 Å². The van der Waals surface area contributed by atoms with Crippen LogP contribution in [0, 0.1) is 0 Å². The van der Waals surface area contributed by atoms with Gasteiger partial charge in [0.05, 0.1) is 0 Å². The maximum absolute atomic E-state index is 8.74. The molecule has 0 aromatic rings. The Kier molecular flexibility index (Phi) is 5.42. The van der Waals surface area contributed by atoms with Crippen LogP contribution in [-0.4, -0.2) is 29.6 Å². The van der Waals surface area contributed by atoms with E-state index in [1.807, 2.05) is 0 Å². The molecule has 1 aliphatic rings. The first-order chi connectivity index (χ1) is 5.80. The summed E-state index contributed by atoms with van der Waals surface area (Å²) in [4.78, 5) is 0. The summed E-state index contributed by atoms with van der Waals surface area (Å²) in [5, 5.41) is 0. The molecule has 1 saturated carbocycles. The fraction of sp³-hybridized carbons (Fsp3) is 1.00. The molecule has 13 heavy (non-hydrogen) atoms. The van der Waals surface area contributed by atoms with Crippen molar-refractivity contribution in [3.8, 4) is 0 Å². The first kappa shape index (κ1) is 12.8. The molecule has 1 rings (SSSR count). The standard InChI is InChI=1S/C6H14N2.H2O4S/c7-5-3-1-2-4-6(5)8;1-5(2,3)4/h5-6H,1-4,7-8H2;(H2,1,2,3,4)/t5-,6?;/m0./s1. The van der Waals surface area contributed by atoms with Crippen molar-refractivity contribution in [1.82, 2.24) is 0 Å². The Bertz CT molecular complexity index is 211. The molecule has 2 atom stereocenters. The molecular weight excluding hydrogens is 196 g/mol. The van der Waals surface area contributed by atoms with E-state index in [1.165, 1.54) is 12.8 Å². The van der Waals surface area contributed by atoms with Crippen molar-refractivity contribution >= 4 is 10.4 Å². The molecule has 0 bridgehead atoms. The first-order valence-corrected chi connectivity index (χ1v) is 5.41. The average Bonchev–Trinajstić information content (AvgIpc) is 1.92. The number of hydrogen-bond acceptors (Lipinski definition) is 4. The maximum Gasteiger partial charge on any atom is 0.394 e. The van der Waals surface area contributed by atoms with E-state index < -0.39 is 10.4 Å². The van der Waals surface area contributed by atoms with Crippen LogP contribution in [0.25, 0.3) is 0 Å². The van der Waals surface area contributed by atoms with Gasteiger partial charge in [0.1, 0.15) is 0 Å². The highest BCUT2D eigenvalue weighted by Crippen LogP contribution is 2.14. The zero-order valence-electron chi connectivity index (χ0n) is 7.26. The van der Waals surface area contributed by atoms with Crippen molar-refractivity contribution in [3.63, 3.8) is 0 Å². The largest absolute Gasteiger partial charge is 0.394 e. The molecule has 0 heterocycles. The van der Waals surface area contributed by atoms with Crippen LogP contribution in [-0.2, 0) is 10.4 Å². The van der Waals surface area contributed by atoms with Crippen molar-refractivity contribution in [1.29, 1.82) is 0 Å². The lowest BCUT2D eigenvalue weighted by Crippen LogP contribution is -2.43. The Hall–Kier alpha value is -0.210. The normalized spacial score (nSPS) is 28.9. The summed E-state index contributed by atoms with van der Waals surface area (Å²) in [5.74, 6) is 0. The lowest BCUT2D eigenvalue weighted by molar-refractivity contribution is 0.381. The average molecular weight is 212 g/mol. The smallest absolute Gasteiger partial charge is 0.326 e. The number of rotatable bonds is 0. The van der Waals surface area contributed by atoms with Gasteiger partial charge in [-0.15, -0.1) is 0 Å². The molecule has 0 amide bonds. The van der Waals surface area contributed by atoms with Crippen LogP contribution < -0.4 is 11.5 Å². The van der Waals surface area contributed by atoms with E-state index >= 15 is 0 Å². The van der Waals surface area contributed by atoms with E-state index in [0.29, 0.717) is 0 Å². The highest BCUT2D eigenvalue weighted by Gasteiger charge is 2.16. The molecule has 6 N–H and O–H groups in total. The summed E-state index contributed by atoms with van der Waals surface area (Å²) in [7, 11) is -4.67. The number of nitrogens with two attached hydrogens (primary N) is 2. The topological polar surface area (TPSA) is 127 Å². The molecule has 1 aliphatic carbocycles. The summed E-state index contributed by atoms with van der Waals surface area (Å²) in [6, 6.07) is 0.562. The predicted molar refractivity (Wildman–Crippen MR) is 48.6 cm³/mol. The molecule has 80 valence electrons. The second-order valence-electron chi connectivity index (χ2n) is 3.06. The van der Waals surface area contributed by atoms with Crippen molar-refractivity contribution in [3.05, 3.63) is 0 Å². The Morgan fingerprint density at radius 2 is 1.23 bits per heavy atom. The van der Waals surface area contributed by atoms with Crippen LogP contribution in [0.5, 0.6) is 0 Å². The third kappa shape index (κ3) is 9.71. The molecule has 7 heteroatoms. The molecule has 0 radical (unpaired) electrons. The third-order valence-corrected chi connectivity index (χ3v) is 1.87. The van der Waals surface area contributed by atoms with Crippen LogP contribution in [0.15, 0.2) is 0 Å². The van der Waals surface area contributed by atoms with E-state index in [0.717, 1.165) is 12.8 Å². The molecule has 1 fully saturated rings. The van der Waals surface area contributed by atoms with Gasteiger partial charge >= 0.3 is 10.4 Å². The Morgan fingerprint density at radius 1 is 1.00 bits per heavy atom. The van der Waals surface area contributed by atoms with Gasteiger partial charge < -0.3 is 11.5 Å². The fourth-order valence-corrected chi connectivity index (χ4v) is 1.19. The molecule has 0 saturated heterocycles. The van der Waals surface area contributed by atoms with Gasteiger partial charge in [0.15, 0.2) is 0 Å². The Labute approximate surface area is 77.9 Å². The first-order valence-electron chi connectivity index (χ1n) is 4.01. The zero-order chi connectivity index (χ0) is 10.5. The van der Waals surface area contributed by atoms with Gasteiger partial charge in [-0.25, -0.2) is 0 Å².